The van der Waals surface area contributed by atoms with E-state index in [9.17, 15) is 0 Å². The van der Waals surface area contributed by atoms with Crippen molar-refractivity contribution >= 4 is 16.9 Å². The normalized spacial score (nSPS) is 32.8. The summed E-state index contributed by atoms with van der Waals surface area (Å²) < 4.78 is 0. The molecular formula is C14H27N3S. The van der Waals surface area contributed by atoms with Crippen LogP contribution in [0.5, 0.6) is 0 Å². The monoisotopic (exact) mass is 269 g/mol. The molecule has 2 fully saturated rings. The summed E-state index contributed by atoms with van der Waals surface area (Å²) in [6.45, 7) is 9.12. The second-order valence-electron chi connectivity index (χ2n) is 6.62. The van der Waals surface area contributed by atoms with E-state index in [0.29, 0.717) is 17.5 Å². The van der Waals surface area contributed by atoms with Gasteiger partial charge in [-0.25, -0.2) is 0 Å². The van der Waals surface area contributed by atoms with Crippen molar-refractivity contribution in [2.75, 3.05) is 25.9 Å². The van der Waals surface area contributed by atoms with Gasteiger partial charge in [0.05, 0.1) is 6.54 Å². The number of rotatable bonds is 2. The quantitative estimate of drug-likeness (QED) is 0.835. The smallest absolute Gasteiger partial charge is 0.156 e. The Hall–Kier alpha value is -0.220. The predicted molar refractivity (Wildman–Crippen MR) is 81.4 cm³/mol. The summed E-state index contributed by atoms with van der Waals surface area (Å²) in [7, 11) is 2.22. The molecule has 18 heavy (non-hydrogen) atoms. The lowest BCUT2D eigenvalue weighted by atomic mass is 9.85. The Morgan fingerprint density at radius 2 is 2.17 bits per heavy atom. The summed E-state index contributed by atoms with van der Waals surface area (Å²) >= 11 is 1.89. The van der Waals surface area contributed by atoms with Crippen molar-refractivity contribution in [2.45, 2.75) is 52.1 Å². The fraction of sp³-hybridized carbons (Fsp3) is 0.929. The molecule has 2 heterocycles. The summed E-state index contributed by atoms with van der Waals surface area (Å²) in [6.07, 6.45) is 3.88. The van der Waals surface area contributed by atoms with Crippen LogP contribution < -0.4 is 5.32 Å². The van der Waals surface area contributed by atoms with Crippen LogP contribution in [0.1, 0.15) is 40.0 Å². The number of amidine groups is 1. The van der Waals surface area contributed by atoms with Gasteiger partial charge in [0.25, 0.3) is 0 Å². The third-order valence-corrected chi connectivity index (χ3v) is 5.07. The van der Waals surface area contributed by atoms with Gasteiger partial charge in [0.1, 0.15) is 0 Å². The molecule has 0 aromatic rings. The van der Waals surface area contributed by atoms with Crippen molar-refractivity contribution in [3.8, 4) is 0 Å². The van der Waals surface area contributed by atoms with E-state index < -0.39 is 0 Å². The average Bonchev–Trinajstić information content (AvgIpc) is 2.72. The minimum absolute atomic E-state index is 0.325. The Morgan fingerprint density at radius 1 is 1.39 bits per heavy atom. The molecule has 0 amide bonds. The highest BCUT2D eigenvalue weighted by atomic mass is 32.2. The lowest BCUT2D eigenvalue weighted by Crippen LogP contribution is -2.46. The molecule has 3 nitrogen and oxygen atoms in total. The van der Waals surface area contributed by atoms with Crippen LogP contribution in [0.15, 0.2) is 4.99 Å². The number of nitrogens with zero attached hydrogens (tertiary/aromatic N) is 2. The van der Waals surface area contributed by atoms with Crippen molar-refractivity contribution in [3.63, 3.8) is 0 Å². The SMILES string of the molecule is CN1CCCC1CN=C1NC(C(C)(C)C)CCS1. The third kappa shape index (κ3) is 3.64. The fourth-order valence-electron chi connectivity index (χ4n) is 2.68. The molecule has 104 valence electrons. The standard InChI is InChI=1S/C14H27N3S/c1-14(2,3)12-7-9-18-13(16-12)15-10-11-6-5-8-17(11)4/h11-12H,5-10H2,1-4H3,(H,15,16). The highest BCUT2D eigenvalue weighted by molar-refractivity contribution is 8.13. The summed E-state index contributed by atoms with van der Waals surface area (Å²) in [5.41, 5.74) is 0.325. The van der Waals surface area contributed by atoms with Crippen LogP contribution in [0.2, 0.25) is 0 Å². The van der Waals surface area contributed by atoms with E-state index in [1.807, 2.05) is 11.8 Å². The number of likely N-dealkylation sites (N-methyl/N-ethyl adjacent to an activating group) is 1. The largest absolute Gasteiger partial charge is 0.362 e. The van der Waals surface area contributed by atoms with E-state index >= 15 is 0 Å². The van der Waals surface area contributed by atoms with Gasteiger partial charge in [-0.05, 0) is 38.3 Å². The number of thioether (sulfide) groups is 1. The van der Waals surface area contributed by atoms with Gasteiger partial charge < -0.3 is 10.2 Å². The number of hydrogen-bond acceptors (Lipinski definition) is 3. The van der Waals surface area contributed by atoms with Crippen LogP contribution in [0.25, 0.3) is 0 Å². The van der Waals surface area contributed by atoms with Gasteiger partial charge in [0.2, 0.25) is 0 Å². The van der Waals surface area contributed by atoms with Crippen LogP contribution in [0, 0.1) is 5.41 Å². The van der Waals surface area contributed by atoms with Crippen molar-refractivity contribution in [1.29, 1.82) is 0 Å². The minimum atomic E-state index is 0.325. The molecule has 2 aliphatic heterocycles. The average molecular weight is 269 g/mol. The lowest BCUT2D eigenvalue weighted by molar-refractivity contribution is 0.289. The zero-order valence-corrected chi connectivity index (χ0v) is 13.0. The van der Waals surface area contributed by atoms with E-state index in [1.165, 1.54) is 36.7 Å². The molecule has 2 aliphatic rings. The maximum Gasteiger partial charge on any atom is 0.156 e. The Kier molecular flexibility index (Phi) is 4.59. The maximum absolute atomic E-state index is 4.81. The summed E-state index contributed by atoms with van der Waals surface area (Å²) in [5, 5.41) is 4.79. The van der Waals surface area contributed by atoms with Crippen LogP contribution in [-0.4, -0.2) is 48.0 Å². The molecule has 0 radical (unpaired) electrons. The summed E-state index contributed by atoms with van der Waals surface area (Å²) in [5.74, 6) is 1.20. The summed E-state index contributed by atoms with van der Waals surface area (Å²) in [6, 6.07) is 1.23. The minimum Gasteiger partial charge on any atom is -0.362 e. The Balaban J connectivity index is 1.88. The second kappa shape index (κ2) is 5.83. The van der Waals surface area contributed by atoms with Gasteiger partial charge in [-0.1, -0.05) is 32.5 Å². The third-order valence-electron chi connectivity index (χ3n) is 4.11. The van der Waals surface area contributed by atoms with Crippen LogP contribution in [0.3, 0.4) is 0 Å². The first-order chi connectivity index (χ1) is 8.47. The van der Waals surface area contributed by atoms with Gasteiger partial charge in [-0.15, -0.1) is 0 Å². The summed E-state index contributed by atoms with van der Waals surface area (Å²) in [4.78, 5) is 7.25. The zero-order valence-electron chi connectivity index (χ0n) is 12.2. The molecule has 0 spiro atoms. The van der Waals surface area contributed by atoms with Crippen LogP contribution in [-0.2, 0) is 0 Å². The molecule has 0 saturated carbocycles. The van der Waals surface area contributed by atoms with E-state index in [1.54, 1.807) is 0 Å². The van der Waals surface area contributed by atoms with Gasteiger partial charge in [-0.3, -0.25) is 4.99 Å². The van der Waals surface area contributed by atoms with E-state index in [4.69, 9.17) is 4.99 Å². The van der Waals surface area contributed by atoms with Crippen molar-refractivity contribution in [1.82, 2.24) is 10.2 Å². The lowest BCUT2D eigenvalue weighted by Gasteiger charge is -2.35. The van der Waals surface area contributed by atoms with Crippen molar-refractivity contribution in [3.05, 3.63) is 0 Å². The van der Waals surface area contributed by atoms with Gasteiger partial charge in [0.15, 0.2) is 5.17 Å². The molecule has 2 rings (SSSR count). The molecule has 2 atom stereocenters. The van der Waals surface area contributed by atoms with Crippen molar-refractivity contribution in [2.24, 2.45) is 10.4 Å². The molecule has 2 unspecified atom stereocenters. The molecule has 0 aromatic heterocycles. The second-order valence-corrected chi connectivity index (χ2v) is 7.71. The Bertz CT molecular complexity index is 309. The molecule has 1 N–H and O–H groups in total. The fourth-order valence-corrected chi connectivity index (χ4v) is 3.61. The maximum atomic E-state index is 4.81. The number of hydrogen-bond donors (Lipinski definition) is 1. The molecule has 2 saturated heterocycles. The number of nitrogens with one attached hydrogen (secondary N) is 1. The van der Waals surface area contributed by atoms with Crippen LogP contribution in [0.4, 0.5) is 0 Å². The Labute approximate surface area is 116 Å². The topological polar surface area (TPSA) is 27.6 Å². The van der Waals surface area contributed by atoms with Crippen molar-refractivity contribution < 1.29 is 0 Å². The molecule has 4 heteroatoms. The number of aliphatic imine (C=N–C) groups is 1. The molecule has 0 bridgehead atoms. The Morgan fingerprint density at radius 3 is 2.78 bits per heavy atom. The first kappa shape index (κ1) is 14.2. The predicted octanol–water partition coefficient (Wildman–Crippen LogP) is 2.58. The highest BCUT2D eigenvalue weighted by Gasteiger charge is 2.28. The molecular weight excluding hydrogens is 242 g/mol. The molecule has 0 aliphatic carbocycles. The zero-order chi connectivity index (χ0) is 13.2. The first-order valence-electron chi connectivity index (χ1n) is 7.11. The molecule has 0 aromatic carbocycles. The van der Waals surface area contributed by atoms with Gasteiger partial charge in [0, 0.05) is 17.8 Å². The highest BCUT2D eigenvalue weighted by Crippen LogP contribution is 2.27. The van der Waals surface area contributed by atoms with Gasteiger partial charge >= 0.3 is 0 Å². The van der Waals surface area contributed by atoms with E-state index in [-0.39, 0.29) is 0 Å². The van der Waals surface area contributed by atoms with Gasteiger partial charge in [-0.2, -0.15) is 0 Å². The van der Waals surface area contributed by atoms with E-state index in [2.05, 4.69) is 38.0 Å². The first-order valence-corrected chi connectivity index (χ1v) is 8.09. The number of likely N-dealkylation sites (tertiary alicyclic amines) is 1. The van der Waals surface area contributed by atoms with E-state index in [0.717, 1.165) is 6.54 Å². The van der Waals surface area contributed by atoms with Crippen LogP contribution >= 0.6 is 11.8 Å².